The Morgan fingerprint density at radius 1 is 1.00 bits per heavy atom. The average molecular weight is 380 g/mol. The highest BCUT2D eigenvalue weighted by molar-refractivity contribution is 5.98. The van der Waals surface area contributed by atoms with Gasteiger partial charge in [-0.05, 0) is 55.6 Å². The summed E-state index contributed by atoms with van der Waals surface area (Å²) in [6, 6.07) is 15.7. The van der Waals surface area contributed by atoms with E-state index < -0.39 is 0 Å². The van der Waals surface area contributed by atoms with Crippen molar-refractivity contribution in [2.45, 2.75) is 19.4 Å². The Bertz CT molecular complexity index is 815. The Labute approximate surface area is 166 Å². The van der Waals surface area contributed by atoms with Gasteiger partial charge < -0.3 is 14.4 Å². The van der Waals surface area contributed by atoms with Gasteiger partial charge in [0.1, 0.15) is 6.61 Å². The van der Waals surface area contributed by atoms with Crippen molar-refractivity contribution >= 4 is 5.91 Å². The number of carbonyl (C=O) groups is 1. The molecule has 0 atom stereocenters. The first-order chi connectivity index (χ1) is 13.7. The van der Waals surface area contributed by atoms with Gasteiger partial charge in [-0.25, -0.2) is 0 Å². The molecule has 0 N–H and O–H groups in total. The van der Waals surface area contributed by atoms with E-state index in [1.807, 2.05) is 47.4 Å². The van der Waals surface area contributed by atoms with Gasteiger partial charge in [-0.15, -0.1) is 0 Å². The number of benzene rings is 2. The van der Waals surface area contributed by atoms with E-state index in [4.69, 9.17) is 9.47 Å². The van der Waals surface area contributed by atoms with Crippen LogP contribution in [0, 0.1) is 5.92 Å². The quantitative estimate of drug-likeness (QED) is 0.738. The van der Waals surface area contributed by atoms with Crippen LogP contribution < -0.4 is 9.47 Å². The third-order valence-corrected chi connectivity index (χ3v) is 5.82. The Morgan fingerprint density at radius 2 is 1.71 bits per heavy atom. The van der Waals surface area contributed by atoms with Crippen LogP contribution in [-0.4, -0.2) is 55.6 Å². The van der Waals surface area contributed by atoms with Crippen molar-refractivity contribution in [3.05, 3.63) is 59.7 Å². The van der Waals surface area contributed by atoms with Gasteiger partial charge in [0, 0.05) is 25.2 Å². The zero-order chi connectivity index (χ0) is 19.3. The van der Waals surface area contributed by atoms with Gasteiger partial charge in [0.25, 0.3) is 5.91 Å². The summed E-state index contributed by atoms with van der Waals surface area (Å²) in [5.41, 5.74) is 2.05. The summed E-state index contributed by atoms with van der Waals surface area (Å²) in [6.45, 7) is 5.34. The molecule has 0 bridgehead atoms. The second-order valence-electron chi connectivity index (χ2n) is 7.63. The first-order valence-electron chi connectivity index (χ1n) is 10.1. The number of carbonyl (C=O) groups excluding carboxylic acids is 1. The standard InChI is InChI=1S/C23H28N2O3/c1-27-21-8-4-5-9-22(21)28-15-14-24-12-10-18(11-13-24)16-25-17-19-6-2-3-7-20(19)23(25)26/h2-9,18H,10-17H2,1H3. The van der Waals surface area contributed by atoms with Crippen molar-refractivity contribution in [1.82, 2.24) is 9.80 Å². The lowest BCUT2D eigenvalue weighted by Crippen LogP contribution is -2.40. The molecular formula is C23H28N2O3. The smallest absolute Gasteiger partial charge is 0.254 e. The van der Waals surface area contributed by atoms with Crippen LogP contribution in [-0.2, 0) is 6.54 Å². The van der Waals surface area contributed by atoms with Crippen molar-refractivity contribution in [1.29, 1.82) is 0 Å². The fourth-order valence-corrected chi connectivity index (χ4v) is 4.19. The number of likely N-dealkylation sites (tertiary alicyclic amines) is 1. The summed E-state index contributed by atoms with van der Waals surface area (Å²) in [5.74, 6) is 2.36. The third kappa shape index (κ3) is 4.14. The van der Waals surface area contributed by atoms with Crippen LogP contribution in [0.5, 0.6) is 11.5 Å². The second-order valence-corrected chi connectivity index (χ2v) is 7.63. The van der Waals surface area contributed by atoms with E-state index in [1.165, 1.54) is 5.56 Å². The Kier molecular flexibility index (Phi) is 5.81. The minimum absolute atomic E-state index is 0.197. The molecule has 1 saturated heterocycles. The highest BCUT2D eigenvalue weighted by Gasteiger charge is 2.30. The molecule has 0 spiro atoms. The monoisotopic (exact) mass is 380 g/mol. The normalized spacial score (nSPS) is 17.6. The van der Waals surface area contributed by atoms with Crippen molar-refractivity contribution in [2.75, 3.05) is 39.9 Å². The molecule has 148 valence electrons. The number of hydrogen-bond donors (Lipinski definition) is 0. The van der Waals surface area contributed by atoms with E-state index in [-0.39, 0.29) is 5.91 Å². The molecular weight excluding hydrogens is 352 g/mol. The predicted molar refractivity (Wildman–Crippen MR) is 109 cm³/mol. The lowest BCUT2D eigenvalue weighted by atomic mass is 9.96. The maximum atomic E-state index is 12.6. The molecule has 2 aliphatic heterocycles. The number of piperidine rings is 1. The first kappa shape index (κ1) is 18.8. The number of ether oxygens (including phenoxy) is 2. The Hall–Kier alpha value is -2.53. The van der Waals surface area contributed by atoms with E-state index in [9.17, 15) is 4.79 Å². The van der Waals surface area contributed by atoms with E-state index in [1.54, 1.807) is 7.11 Å². The molecule has 0 unspecified atom stereocenters. The molecule has 2 aromatic rings. The summed E-state index contributed by atoms with van der Waals surface area (Å²) in [5, 5.41) is 0. The molecule has 5 heteroatoms. The number of nitrogens with zero attached hydrogens (tertiary/aromatic N) is 2. The zero-order valence-corrected chi connectivity index (χ0v) is 16.5. The summed E-state index contributed by atoms with van der Waals surface area (Å²) in [6.07, 6.45) is 2.27. The van der Waals surface area contributed by atoms with Gasteiger partial charge in [0.2, 0.25) is 0 Å². The van der Waals surface area contributed by atoms with Crippen LogP contribution in [0.15, 0.2) is 48.5 Å². The van der Waals surface area contributed by atoms with Crippen LogP contribution in [0.25, 0.3) is 0 Å². The molecule has 1 amide bonds. The predicted octanol–water partition coefficient (Wildman–Crippen LogP) is 3.44. The molecule has 1 fully saturated rings. The first-order valence-corrected chi connectivity index (χ1v) is 10.1. The molecule has 0 saturated carbocycles. The molecule has 2 aliphatic rings. The van der Waals surface area contributed by atoms with Gasteiger partial charge in [-0.2, -0.15) is 0 Å². The lowest BCUT2D eigenvalue weighted by Gasteiger charge is -2.33. The summed E-state index contributed by atoms with van der Waals surface area (Å²) < 4.78 is 11.2. The van der Waals surface area contributed by atoms with Crippen molar-refractivity contribution < 1.29 is 14.3 Å². The van der Waals surface area contributed by atoms with Gasteiger partial charge in [-0.3, -0.25) is 9.69 Å². The number of para-hydroxylation sites is 2. The van der Waals surface area contributed by atoms with E-state index in [0.29, 0.717) is 12.5 Å². The maximum absolute atomic E-state index is 12.6. The van der Waals surface area contributed by atoms with E-state index >= 15 is 0 Å². The SMILES string of the molecule is COc1ccccc1OCCN1CCC(CN2Cc3ccccc3C2=O)CC1. The summed E-state index contributed by atoms with van der Waals surface area (Å²) >= 11 is 0. The molecule has 4 rings (SSSR count). The molecule has 0 aromatic heterocycles. The highest BCUT2D eigenvalue weighted by Crippen LogP contribution is 2.27. The molecule has 2 aromatic carbocycles. The Balaban J connectivity index is 1.20. The lowest BCUT2D eigenvalue weighted by molar-refractivity contribution is 0.0708. The fourth-order valence-electron chi connectivity index (χ4n) is 4.19. The number of fused-ring (bicyclic) bond motifs is 1. The van der Waals surface area contributed by atoms with Gasteiger partial charge in [0.15, 0.2) is 11.5 Å². The van der Waals surface area contributed by atoms with Crippen molar-refractivity contribution in [3.8, 4) is 11.5 Å². The number of rotatable bonds is 7. The second kappa shape index (κ2) is 8.65. The highest BCUT2D eigenvalue weighted by atomic mass is 16.5. The van der Waals surface area contributed by atoms with Gasteiger partial charge in [0.05, 0.1) is 7.11 Å². The van der Waals surface area contributed by atoms with Crippen LogP contribution >= 0.6 is 0 Å². The van der Waals surface area contributed by atoms with E-state index in [0.717, 1.165) is 62.6 Å². The molecule has 2 heterocycles. The van der Waals surface area contributed by atoms with Crippen LogP contribution in [0.4, 0.5) is 0 Å². The van der Waals surface area contributed by atoms with Crippen LogP contribution in [0.3, 0.4) is 0 Å². The molecule has 0 aliphatic carbocycles. The van der Waals surface area contributed by atoms with E-state index in [2.05, 4.69) is 11.0 Å². The molecule has 28 heavy (non-hydrogen) atoms. The van der Waals surface area contributed by atoms with Gasteiger partial charge >= 0.3 is 0 Å². The topological polar surface area (TPSA) is 42.0 Å². The summed E-state index contributed by atoms with van der Waals surface area (Å²) in [7, 11) is 1.66. The Morgan fingerprint density at radius 3 is 2.46 bits per heavy atom. The largest absolute Gasteiger partial charge is 0.493 e. The molecule has 0 radical (unpaired) electrons. The van der Waals surface area contributed by atoms with Crippen LogP contribution in [0.1, 0.15) is 28.8 Å². The fraction of sp³-hybridized carbons (Fsp3) is 0.435. The molecule has 5 nitrogen and oxygen atoms in total. The average Bonchev–Trinajstić information content (AvgIpc) is 3.05. The number of hydrogen-bond acceptors (Lipinski definition) is 4. The zero-order valence-electron chi connectivity index (χ0n) is 16.5. The van der Waals surface area contributed by atoms with Crippen molar-refractivity contribution in [3.63, 3.8) is 0 Å². The maximum Gasteiger partial charge on any atom is 0.254 e. The third-order valence-electron chi connectivity index (χ3n) is 5.82. The minimum atomic E-state index is 0.197. The number of methoxy groups -OCH3 is 1. The summed E-state index contributed by atoms with van der Waals surface area (Å²) in [4.78, 5) is 17.0. The van der Waals surface area contributed by atoms with Gasteiger partial charge in [-0.1, -0.05) is 30.3 Å². The number of amides is 1. The minimum Gasteiger partial charge on any atom is -0.493 e. The van der Waals surface area contributed by atoms with Crippen molar-refractivity contribution in [2.24, 2.45) is 5.92 Å². The van der Waals surface area contributed by atoms with Crippen LogP contribution in [0.2, 0.25) is 0 Å².